The Bertz CT molecular complexity index is 1600. The maximum absolute atomic E-state index is 12.2. The smallest absolute Gasteiger partial charge is 0.187 e. The minimum Gasteiger partial charge on any atom is -0.394 e. The van der Waals surface area contributed by atoms with Crippen LogP contribution in [0.15, 0.2) is 0 Å². The number of methoxy groups -OCH3 is 2. The number of hydrogen-bond donors (Lipinski definition) is 7. The highest BCUT2D eigenvalue weighted by atomic mass is 16.8. The van der Waals surface area contributed by atoms with Gasteiger partial charge in [0.25, 0.3) is 0 Å². The molecule has 9 aliphatic rings. The van der Waals surface area contributed by atoms with Crippen molar-refractivity contribution in [1.29, 1.82) is 0 Å². The van der Waals surface area contributed by atoms with E-state index in [0.717, 1.165) is 51.6 Å². The fourth-order valence-corrected chi connectivity index (χ4v) is 15.1. The van der Waals surface area contributed by atoms with Crippen LogP contribution in [0.3, 0.4) is 0 Å². The first-order valence-electron chi connectivity index (χ1n) is 24.4. The highest BCUT2D eigenvalue weighted by molar-refractivity contribution is 5.16. The molecule has 7 N–H and O–H groups in total. The van der Waals surface area contributed by atoms with Crippen molar-refractivity contribution in [2.75, 3.05) is 27.4 Å². The normalized spacial score (nSPS) is 58.6. The van der Waals surface area contributed by atoms with Gasteiger partial charge in [0.15, 0.2) is 24.7 Å². The highest BCUT2D eigenvalue weighted by Gasteiger charge is 2.70. The molecule has 5 heterocycles. The number of rotatable bonds is 9. The standard InChI is InChI=1S/C47H78O17/c1-20-9-14-47(57-19-20)21(2)32-30(64-47)17-27-25-16-29(49)28-15-24(10-12-45(28,5)26(25)11-13-46(27,32)6)60-44-41(63-43-37(54)40(56-8)34(51)23(4)59-43)35(52)38(31(18-48)61-44)62-42-36(53)39(55-7)33(50)22(3)58-42/h20-44,48-54H,9-19H2,1-8H3/t20-,21+,22+,23+,24+,25-,26+,27+,28-,29+,30+,31-,32+,33+,34+,35+,36-,37-,38-,39-,40-,41-,42+,43+,44-,45-,46+,47-/m1/s1. The van der Waals surface area contributed by atoms with Gasteiger partial charge in [-0.05, 0) is 112 Å². The zero-order chi connectivity index (χ0) is 45.8. The average molecular weight is 915 g/mol. The van der Waals surface area contributed by atoms with Gasteiger partial charge in [-0.1, -0.05) is 27.7 Å². The van der Waals surface area contributed by atoms with E-state index in [9.17, 15) is 35.7 Å². The van der Waals surface area contributed by atoms with Crippen LogP contribution in [0.2, 0.25) is 0 Å². The Kier molecular flexibility index (Phi) is 13.8. The third kappa shape index (κ3) is 7.88. The number of ether oxygens (including phenoxy) is 10. The predicted molar refractivity (Wildman–Crippen MR) is 224 cm³/mol. The summed E-state index contributed by atoms with van der Waals surface area (Å²) in [6.07, 6.45) is -11.5. The van der Waals surface area contributed by atoms with Crippen molar-refractivity contribution >= 4 is 0 Å². The molecule has 0 aromatic carbocycles. The molecule has 4 saturated carbocycles. The minimum atomic E-state index is -1.61. The summed E-state index contributed by atoms with van der Waals surface area (Å²) in [4.78, 5) is 0. The molecule has 17 heteroatoms. The van der Waals surface area contributed by atoms with E-state index >= 15 is 0 Å². The van der Waals surface area contributed by atoms with E-state index in [1.807, 2.05) is 0 Å². The van der Waals surface area contributed by atoms with Gasteiger partial charge in [0.1, 0.15) is 61.0 Å². The zero-order valence-corrected chi connectivity index (χ0v) is 38.9. The molecular weight excluding hydrogens is 837 g/mol. The van der Waals surface area contributed by atoms with E-state index in [0.29, 0.717) is 48.3 Å². The topological polar surface area (TPSA) is 234 Å². The highest BCUT2D eigenvalue weighted by Crippen LogP contribution is 2.71. The van der Waals surface area contributed by atoms with Crippen molar-refractivity contribution in [2.45, 2.75) is 216 Å². The molecule has 4 aliphatic carbocycles. The van der Waals surface area contributed by atoms with Crippen LogP contribution >= 0.6 is 0 Å². The quantitative estimate of drug-likeness (QED) is 0.163. The van der Waals surface area contributed by atoms with Crippen LogP contribution in [0.5, 0.6) is 0 Å². The van der Waals surface area contributed by atoms with E-state index in [4.69, 9.17) is 47.4 Å². The summed E-state index contributed by atoms with van der Waals surface area (Å²) in [6.45, 7) is 12.8. The lowest BCUT2D eigenvalue weighted by Gasteiger charge is -2.62. The van der Waals surface area contributed by atoms with Crippen LogP contribution < -0.4 is 0 Å². The van der Waals surface area contributed by atoms with Crippen molar-refractivity contribution in [2.24, 2.45) is 52.3 Å². The van der Waals surface area contributed by atoms with Crippen molar-refractivity contribution < 1.29 is 83.1 Å². The lowest BCUT2D eigenvalue weighted by molar-refractivity contribution is -0.390. The number of hydrogen-bond acceptors (Lipinski definition) is 17. The molecule has 5 saturated heterocycles. The molecule has 28 atom stereocenters. The van der Waals surface area contributed by atoms with Gasteiger partial charge in [-0.3, -0.25) is 0 Å². The molecule has 0 aromatic heterocycles. The summed E-state index contributed by atoms with van der Waals surface area (Å²) in [5, 5.41) is 78.8. The number of fused-ring (bicyclic) bond motifs is 7. The second-order valence-corrected chi connectivity index (χ2v) is 22.0. The Balaban J connectivity index is 0.919. The third-order valence-electron chi connectivity index (χ3n) is 18.7. The molecule has 1 spiro atoms. The van der Waals surface area contributed by atoms with Gasteiger partial charge < -0.3 is 83.1 Å². The molecule has 64 heavy (non-hydrogen) atoms. The fraction of sp³-hybridized carbons (Fsp3) is 1.00. The van der Waals surface area contributed by atoms with Crippen molar-refractivity contribution in [3.8, 4) is 0 Å². The maximum Gasteiger partial charge on any atom is 0.187 e. The largest absolute Gasteiger partial charge is 0.394 e. The maximum atomic E-state index is 12.2. The summed E-state index contributed by atoms with van der Waals surface area (Å²) in [5.74, 6) is 2.04. The SMILES string of the molecule is CO[C@@H]1[C@@H](O)[C@H](C)O[C@@H](O[C@H]2[C@H](O[C@H]3CC[C@@]4(C)[C@H](C3)[C@@H](O)C[C@@H]3[C@@H]4CC[C@]4(C)[C@@H]5[C@H](C[C@@H]34)O[C@]3(CC[C@@H](C)CO3)[C@H]5C)O[C@H](CO)[C@@H](O[C@@H]3O[C@@H](C)[C@H](O)[C@@H](OC)[C@H]3O)[C@@H]2O)[C@@H]1O. The van der Waals surface area contributed by atoms with Crippen molar-refractivity contribution in [3.63, 3.8) is 0 Å². The molecule has 0 radical (unpaired) electrons. The Morgan fingerprint density at radius 3 is 1.81 bits per heavy atom. The molecule has 5 aliphatic heterocycles. The molecule has 0 aromatic rings. The third-order valence-corrected chi connectivity index (χ3v) is 18.7. The fourth-order valence-electron chi connectivity index (χ4n) is 15.1. The summed E-state index contributed by atoms with van der Waals surface area (Å²) in [5.41, 5.74) is -0.0187. The molecule has 368 valence electrons. The van der Waals surface area contributed by atoms with E-state index in [1.165, 1.54) is 14.2 Å². The summed E-state index contributed by atoms with van der Waals surface area (Å²) in [7, 11) is 2.70. The molecule has 0 amide bonds. The zero-order valence-electron chi connectivity index (χ0n) is 38.9. The number of aliphatic hydroxyl groups excluding tert-OH is 7. The lowest BCUT2D eigenvalue weighted by Crippen LogP contribution is -2.67. The van der Waals surface area contributed by atoms with Crippen LogP contribution in [0.25, 0.3) is 0 Å². The minimum absolute atomic E-state index is 0.0595. The second-order valence-electron chi connectivity index (χ2n) is 22.0. The average Bonchev–Trinajstić information content (AvgIpc) is 3.71. The van der Waals surface area contributed by atoms with Gasteiger partial charge in [0.2, 0.25) is 0 Å². The first-order chi connectivity index (χ1) is 30.4. The van der Waals surface area contributed by atoms with Gasteiger partial charge in [-0.25, -0.2) is 0 Å². The summed E-state index contributed by atoms with van der Waals surface area (Å²) >= 11 is 0. The molecular formula is C47H78O17. The summed E-state index contributed by atoms with van der Waals surface area (Å²) in [6, 6.07) is 0. The van der Waals surface area contributed by atoms with Crippen molar-refractivity contribution in [3.05, 3.63) is 0 Å². The monoisotopic (exact) mass is 915 g/mol. The van der Waals surface area contributed by atoms with E-state index in [2.05, 4.69) is 27.7 Å². The van der Waals surface area contributed by atoms with Crippen LogP contribution in [-0.2, 0) is 47.4 Å². The first kappa shape index (κ1) is 48.3. The van der Waals surface area contributed by atoms with E-state index in [-0.39, 0.29) is 22.9 Å². The molecule has 9 fully saturated rings. The first-order valence-corrected chi connectivity index (χ1v) is 24.4. The molecule has 17 nitrogen and oxygen atoms in total. The van der Waals surface area contributed by atoms with E-state index < -0.39 is 117 Å². The molecule has 9 rings (SSSR count). The Labute approximate surface area is 377 Å². The Morgan fingerprint density at radius 2 is 1.22 bits per heavy atom. The van der Waals surface area contributed by atoms with E-state index in [1.54, 1.807) is 13.8 Å². The molecule has 0 unspecified atom stereocenters. The van der Waals surface area contributed by atoms with Gasteiger partial charge in [-0.2, -0.15) is 0 Å². The number of aliphatic hydroxyl groups is 7. The summed E-state index contributed by atoms with van der Waals surface area (Å²) < 4.78 is 61.8. The lowest BCUT2D eigenvalue weighted by atomic mass is 9.43. The van der Waals surface area contributed by atoms with Gasteiger partial charge in [0.05, 0.1) is 43.7 Å². The Hall–Kier alpha value is -0.680. The predicted octanol–water partition coefficient (Wildman–Crippen LogP) is 1.60. The van der Waals surface area contributed by atoms with Crippen LogP contribution in [0, 0.1) is 52.3 Å². The second kappa shape index (κ2) is 18.2. The van der Waals surface area contributed by atoms with Crippen molar-refractivity contribution in [1.82, 2.24) is 0 Å². The van der Waals surface area contributed by atoms with Gasteiger partial charge in [0, 0.05) is 26.6 Å². The molecule has 0 bridgehead atoms. The van der Waals surface area contributed by atoms with Crippen LogP contribution in [0.4, 0.5) is 0 Å². The Morgan fingerprint density at radius 1 is 0.594 bits per heavy atom. The van der Waals surface area contributed by atoms with Crippen LogP contribution in [0.1, 0.15) is 99.3 Å². The van der Waals surface area contributed by atoms with Gasteiger partial charge >= 0.3 is 0 Å². The van der Waals surface area contributed by atoms with Gasteiger partial charge in [-0.15, -0.1) is 0 Å². The van der Waals surface area contributed by atoms with Crippen LogP contribution in [-0.4, -0.2) is 179 Å².